The Morgan fingerprint density at radius 2 is 1.86 bits per heavy atom. The van der Waals surface area contributed by atoms with Gasteiger partial charge in [0.2, 0.25) is 0 Å². The average molecular weight is 427 g/mol. The van der Waals surface area contributed by atoms with Crippen molar-refractivity contribution in [2.75, 3.05) is 14.2 Å². The summed E-state index contributed by atoms with van der Waals surface area (Å²) < 4.78 is 12.9. The average Bonchev–Trinajstić information content (AvgIpc) is 3.41. The molecule has 1 aliphatic heterocycles. The molecule has 0 fully saturated rings. The Bertz CT molecular complexity index is 951. The lowest BCUT2D eigenvalue weighted by atomic mass is 10.0. The van der Waals surface area contributed by atoms with Crippen LogP contribution in [0.4, 0.5) is 0 Å². The first-order valence-corrected chi connectivity index (χ1v) is 11.4. The Labute approximate surface area is 179 Å². The number of benzene rings is 1. The summed E-state index contributed by atoms with van der Waals surface area (Å²) in [6.07, 6.45) is 6.29. The molecule has 0 amide bonds. The van der Waals surface area contributed by atoms with E-state index in [0.717, 1.165) is 30.0 Å². The van der Waals surface area contributed by atoms with E-state index in [9.17, 15) is 4.79 Å². The molecule has 3 heterocycles. The summed E-state index contributed by atoms with van der Waals surface area (Å²) in [5.41, 5.74) is 3.68. The Morgan fingerprint density at radius 3 is 2.55 bits per heavy atom. The van der Waals surface area contributed by atoms with Gasteiger partial charge in [-0.15, -0.1) is 11.8 Å². The zero-order chi connectivity index (χ0) is 20.2. The maximum absolute atomic E-state index is 12.8. The lowest BCUT2D eigenvalue weighted by Gasteiger charge is -2.09. The van der Waals surface area contributed by atoms with Crippen molar-refractivity contribution in [1.29, 1.82) is 0 Å². The van der Waals surface area contributed by atoms with Gasteiger partial charge < -0.3 is 9.47 Å². The number of aryl methyl sites for hydroxylation is 1. The Kier molecular flexibility index (Phi) is 6.21. The van der Waals surface area contributed by atoms with Crippen molar-refractivity contribution < 1.29 is 18.8 Å². The largest absolute Gasteiger partial charge is 0.493 e. The van der Waals surface area contributed by atoms with Crippen LogP contribution in [0.1, 0.15) is 23.1 Å². The Hall–Kier alpha value is -2.31. The van der Waals surface area contributed by atoms with E-state index in [1.165, 1.54) is 16.7 Å². The van der Waals surface area contributed by atoms with Gasteiger partial charge in [-0.3, -0.25) is 4.79 Å². The number of pyridine rings is 1. The fourth-order valence-corrected chi connectivity index (χ4v) is 5.48. The summed E-state index contributed by atoms with van der Waals surface area (Å²) in [5, 5.41) is 4.25. The van der Waals surface area contributed by atoms with E-state index >= 15 is 0 Å². The second kappa shape index (κ2) is 9.01. The highest BCUT2D eigenvalue weighted by molar-refractivity contribution is 8.01. The number of ketones is 1. The fraction of sp³-hybridized carbons (Fsp3) is 0.304. The topological polar surface area (TPSA) is 39.4 Å². The summed E-state index contributed by atoms with van der Waals surface area (Å²) in [4.78, 5) is 13.9. The third kappa shape index (κ3) is 4.65. The van der Waals surface area contributed by atoms with Crippen molar-refractivity contribution in [3.05, 3.63) is 70.2 Å². The minimum Gasteiger partial charge on any atom is -0.493 e. The van der Waals surface area contributed by atoms with Gasteiger partial charge >= 0.3 is 0 Å². The molecule has 29 heavy (non-hydrogen) atoms. The van der Waals surface area contributed by atoms with E-state index in [4.69, 9.17) is 9.47 Å². The fourth-order valence-electron chi connectivity index (χ4n) is 3.53. The third-order valence-electron chi connectivity index (χ3n) is 5.17. The normalized spacial score (nSPS) is 15.2. The monoisotopic (exact) mass is 426 g/mol. The van der Waals surface area contributed by atoms with Crippen LogP contribution < -0.4 is 14.0 Å². The van der Waals surface area contributed by atoms with Gasteiger partial charge in [-0.2, -0.15) is 11.3 Å². The van der Waals surface area contributed by atoms with E-state index in [0.29, 0.717) is 18.0 Å². The molecule has 150 valence electrons. The van der Waals surface area contributed by atoms with Crippen molar-refractivity contribution >= 4 is 28.9 Å². The molecule has 0 radical (unpaired) electrons. The van der Waals surface area contributed by atoms with Crippen LogP contribution in [0, 0.1) is 0 Å². The zero-order valence-corrected chi connectivity index (χ0v) is 18.2. The molecular weight excluding hydrogens is 402 g/mol. The van der Waals surface area contributed by atoms with Crippen molar-refractivity contribution in [2.45, 2.75) is 36.0 Å². The second-order valence-electron chi connectivity index (χ2n) is 7.10. The number of rotatable bonds is 8. The number of hydrogen-bond acceptors (Lipinski definition) is 5. The first kappa shape index (κ1) is 20.0. The van der Waals surface area contributed by atoms with Crippen molar-refractivity contribution in [3.63, 3.8) is 0 Å². The maximum Gasteiger partial charge on any atom is 0.174 e. The molecular formula is C23H24NO3S2+. The Morgan fingerprint density at radius 1 is 1.10 bits per heavy atom. The number of carbonyl (C=O) groups excluding carboxylic acids is 1. The van der Waals surface area contributed by atoms with Crippen LogP contribution in [0.3, 0.4) is 0 Å². The summed E-state index contributed by atoms with van der Waals surface area (Å²) in [6.45, 7) is 0.882. The number of thioether (sulfide) groups is 1. The number of nitrogens with zero attached hydrogens (tertiary/aromatic N) is 1. The number of Topliss-reactive ketones (excluding diaryl/α,β-unsaturated/α-hetero) is 1. The highest BCUT2D eigenvalue weighted by Crippen LogP contribution is 2.43. The van der Waals surface area contributed by atoms with E-state index in [-0.39, 0.29) is 5.25 Å². The molecule has 4 nitrogen and oxygen atoms in total. The lowest BCUT2D eigenvalue weighted by Crippen LogP contribution is -2.33. The first-order valence-electron chi connectivity index (χ1n) is 9.59. The molecule has 3 aromatic rings. The van der Waals surface area contributed by atoms with Gasteiger partial charge in [0.15, 0.2) is 30.4 Å². The minimum absolute atomic E-state index is 0.0194. The number of fused-ring (bicyclic) bond motifs is 1. The number of ether oxygens (including phenoxy) is 2. The molecule has 1 aromatic carbocycles. The minimum atomic E-state index is -0.0194. The van der Waals surface area contributed by atoms with Gasteiger partial charge in [-0.25, -0.2) is 4.57 Å². The quantitative estimate of drug-likeness (QED) is 0.503. The van der Waals surface area contributed by atoms with E-state index in [1.54, 1.807) is 37.3 Å². The van der Waals surface area contributed by atoms with Crippen LogP contribution in [0.15, 0.2) is 58.4 Å². The molecule has 1 unspecified atom stereocenters. The number of carbonyl (C=O) groups is 1. The summed E-state index contributed by atoms with van der Waals surface area (Å²) in [6, 6.07) is 10.4. The third-order valence-corrected chi connectivity index (χ3v) is 7.25. The Balaban J connectivity index is 1.33. The van der Waals surface area contributed by atoms with Gasteiger partial charge in [0, 0.05) is 34.4 Å². The smallest absolute Gasteiger partial charge is 0.174 e. The summed E-state index contributed by atoms with van der Waals surface area (Å²) >= 11 is 3.36. The molecule has 1 aliphatic rings. The highest BCUT2D eigenvalue weighted by atomic mass is 32.2. The van der Waals surface area contributed by atoms with Crippen molar-refractivity contribution in [2.24, 2.45) is 0 Å². The van der Waals surface area contributed by atoms with Crippen LogP contribution in [0.2, 0.25) is 0 Å². The van der Waals surface area contributed by atoms with Crippen molar-refractivity contribution in [1.82, 2.24) is 0 Å². The molecule has 0 aliphatic carbocycles. The molecule has 6 heteroatoms. The van der Waals surface area contributed by atoms with E-state index in [2.05, 4.69) is 45.9 Å². The van der Waals surface area contributed by atoms with Crippen LogP contribution in [0.5, 0.6) is 11.5 Å². The number of hydrogen-bond donors (Lipinski definition) is 0. The molecule has 0 N–H and O–H groups in total. The number of thiophene rings is 1. The molecule has 0 spiro atoms. The molecule has 0 saturated carbocycles. The van der Waals surface area contributed by atoms with E-state index < -0.39 is 0 Å². The lowest BCUT2D eigenvalue weighted by molar-refractivity contribution is -0.688. The molecule has 1 atom stereocenters. The van der Waals surface area contributed by atoms with Crippen LogP contribution in [-0.2, 0) is 24.2 Å². The molecule has 2 aromatic heterocycles. The second-order valence-corrected chi connectivity index (χ2v) is 9.13. The molecule has 0 bridgehead atoms. The standard InChI is InChI=1S/C23H24NO3S2/c1-26-20-11-18-12-23(29-22(18)13-21(20)27-2)19(25)4-3-16-5-8-24(9-6-16)14-17-7-10-28-15-17/h5-11,13,15,23H,3-4,12,14H2,1-2H3/q+1. The molecule has 4 rings (SSSR count). The van der Waals surface area contributed by atoms with E-state index in [1.807, 2.05) is 12.1 Å². The summed E-state index contributed by atoms with van der Waals surface area (Å²) in [7, 11) is 3.27. The molecule has 0 saturated heterocycles. The van der Waals surface area contributed by atoms with Gasteiger partial charge in [0.05, 0.1) is 19.5 Å². The van der Waals surface area contributed by atoms with Crippen LogP contribution in [0.25, 0.3) is 0 Å². The summed E-state index contributed by atoms with van der Waals surface area (Å²) in [5.74, 6) is 1.74. The highest BCUT2D eigenvalue weighted by Gasteiger charge is 2.29. The number of aromatic nitrogens is 1. The maximum atomic E-state index is 12.8. The predicted molar refractivity (Wildman–Crippen MR) is 116 cm³/mol. The van der Waals surface area contributed by atoms with Gasteiger partial charge in [0.25, 0.3) is 0 Å². The number of methoxy groups -OCH3 is 2. The van der Waals surface area contributed by atoms with Crippen LogP contribution in [-0.4, -0.2) is 25.3 Å². The zero-order valence-electron chi connectivity index (χ0n) is 16.6. The SMILES string of the molecule is COc1cc2c(cc1OC)SC(C(=O)CCc1cc[n+](Cc3ccsc3)cc1)C2. The van der Waals surface area contributed by atoms with Crippen LogP contribution >= 0.6 is 23.1 Å². The first-order chi connectivity index (χ1) is 14.2. The van der Waals surface area contributed by atoms with Gasteiger partial charge in [-0.1, -0.05) is 0 Å². The van der Waals surface area contributed by atoms with Crippen molar-refractivity contribution in [3.8, 4) is 11.5 Å². The predicted octanol–water partition coefficient (Wildman–Crippen LogP) is 4.32. The van der Waals surface area contributed by atoms with Gasteiger partial charge in [-0.05, 0) is 47.5 Å². The van der Waals surface area contributed by atoms with Gasteiger partial charge in [0.1, 0.15) is 5.78 Å².